The lowest BCUT2D eigenvalue weighted by molar-refractivity contribution is -0.0422. The van der Waals surface area contributed by atoms with Gasteiger partial charge < -0.3 is 10.2 Å². The maximum Gasteiger partial charge on any atom is 0.193 e. The van der Waals surface area contributed by atoms with Crippen molar-refractivity contribution in [2.24, 2.45) is 5.41 Å². The monoisotopic (exact) mass is 673 g/mol. The van der Waals surface area contributed by atoms with Crippen molar-refractivity contribution < 1.29 is 15.0 Å². The van der Waals surface area contributed by atoms with Crippen LogP contribution in [0.25, 0.3) is 21.3 Å². The van der Waals surface area contributed by atoms with Crippen LogP contribution in [0.4, 0.5) is 0 Å². The highest BCUT2D eigenvalue weighted by Crippen LogP contribution is 2.60. The number of ketones is 1. The van der Waals surface area contributed by atoms with Crippen molar-refractivity contribution in [1.29, 1.82) is 0 Å². The summed E-state index contributed by atoms with van der Waals surface area (Å²) in [5.74, 6) is 0.523. The zero-order valence-corrected chi connectivity index (χ0v) is 29.3. The molecule has 3 aliphatic rings. The van der Waals surface area contributed by atoms with E-state index < -0.39 is 17.1 Å². The molecule has 3 aliphatic carbocycles. The second-order valence-corrected chi connectivity index (χ2v) is 16.2. The van der Waals surface area contributed by atoms with Crippen LogP contribution in [-0.4, -0.2) is 38.4 Å². The first-order chi connectivity index (χ1) is 23.2. The molecule has 5 aromatic rings. The maximum absolute atomic E-state index is 14.8. The molecule has 246 valence electrons. The van der Waals surface area contributed by atoms with Crippen molar-refractivity contribution in [3.8, 4) is 11.1 Å². The molecule has 1 fully saturated rings. The maximum atomic E-state index is 14.8. The Morgan fingerprint density at radius 2 is 1.71 bits per heavy atom. The fourth-order valence-electron chi connectivity index (χ4n) is 7.96. The van der Waals surface area contributed by atoms with Gasteiger partial charge in [-0.3, -0.25) is 4.79 Å². The topological polar surface area (TPSA) is 70.4 Å². The lowest BCUT2D eigenvalue weighted by Crippen LogP contribution is -2.46. The highest BCUT2D eigenvalue weighted by atomic mass is 32.2. The number of fused-ring (bicyclic) bond motifs is 9. The number of hydrogen-bond donors (Lipinski definition) is 2. The average molecular weight is 674 g/mol. The van der Waals surface area contributed by atoms with Gasteiger partial charge in [-0.1, -0.05) is 109 Å². The number of allylic oxidation sites excluding steroid dienone is 2. The number of nitrogens with zero attached hydrogens (tertiary/aromatic N) is 1. The van der Waals surface area contributed by atoms with Crippen LogP contribution in [0.2, 0.25) is 0 Å². The molecule has 1 saturated carbocycles. The molecule has 2 bridgehead atoms. The van der Waals surface area contributed by atoms with E-state index in [1.165, 1.54) is 5.57 Å². The molecule has 4 nitrogen and oxygen atoms in total. The van der Waals surface area contributed by atoms with Crippen LogP contribution >= 0.6 is 23.1 Å². The predicted molar refractivity (Wildman–Crippen MR) is 199 cm³/mol. The molecule has 2 N–H and O–H groups in total. The van der Waals surface area contributed by atoms with Crippen LogP contribution in [0.5, 0.6) is 0 Å². The summed E-state index contributed by atoms with van der Waals surface area (Å²) in [7, 11) is 0. The number of aromatic nitrogens is 1. The minimum Gasteiger partial charge on any atom is -0.393 e. The smallest absolute Gasteiger partial charge is 0.193 e. The van der Waals surface area contributed by atoms with E-state index in [0.717, 1.165) is 62.5 Å². The number of para-hydroxylation sites is 1. The highest BCUT2D eigenvalue weighted by molar-refractivity contribution is 8.01. The number of rotatable bonds is 6. The van der Waals surface area contributed by atoms with Crippen molar-refractivity contribution in [2.75, 3.05) is 5.75 Å². The van der Waals surface area contributed by atoms with E-state index in [1.807, 2.05) is 78.9 Å². The van der Waals surface area contributed by atoms with Gasteiger partial charge in [-0.25, -0.2) is 4.98 Å². The first kappa shape index (κ1) is 33.0. The summed E-state index contributed by atoms with van der Waals surface area (Å²) in [5, 5.41) is 23.7. The number of aliphatic hydroxyl groups excluding tert-OH is 1. The summed E-state index contributed by atoms with van der Waals surface area (Å²) in [4.78, 5) is 19.7. The second-order valence-electron chi connectivity index (χ2n) is 13.9. The van der Waals surface area contributed by atoms with Crippen LogP contribution in [0, 0.1) is 5.41 Å². The molecule has 48 heavy (non-hydrogen) atoms. The molecule has 0 saturated heterocycles. The number of thiazole rings is 1. The largest absolute Gasteiger partial charge is 0.393 e. The zero-order chi connectivity index (χ0) is 33.3. The van der Waals surface area contributed by atoms with E-state index in [2.05, 4.69) is 38.1 Å². The van der Waals surface area contributed by atoms with Gasteiger partial charge >= 0.3 is 0 Å². The number of benzene rings is 4. The Morgan fingerprint density at radius 3 is 2.54 bits per heavy atom. The number of carbonyl (C=O) groups excluding carboxylic acids is 1. The molecule has 6 heteroatoms. The molecule has 0 radical (unpaired) electrons. The first-order valence-electron chi connectivity index (χ1n) is 17.1. The van der Waals surface area contributed by atoms with Gasteiger partial charge in [-0.15, -0.1) is 11.3 Å². The third kappa shape index (κ3) is 6.44. The normalized spacial score (nSPS) is 24.6. The molecule has 1 aromatic heterocycles. The Bertz CT molecular complexity index is 1930. The van der Waals surface area contributed by atoms with Crippen molar-refractivity contribution in [2.45, 2.75) is 80.8 Å². The Hall–Kier alpha value is -3.55. The van der Waals surface area contributed by atoms with Crippen molar-refractivity contribution >= 4 is 39.1 Å². The van der Waals surface area contributed by atoms with Crippen LogP contribution in [0.3, 0.4) is 0 Å². The van der Waals surface area contributed by atoms with Gasteiger partial charge in [0.1, 0.15) is 0 Å². The fourth-order valence-corrected chi connectivity index (χ4v) is 10.3. The quantitative estimate of drug-likeness (QED) is 0.107. The van der Waals surface area contributed by atoms with Gasteiger partial charge in [0, 0.05) is 22.3 Å². The summed E-state index contributed by atoms with van der Waals surface area (Å²) in [5.41, 5.74) is 6.08. The van der Waals surface area contributed by atoms with Crippen LogP contribution in [0.1, 0.15) is 85.3 Å². The van der Waals surface area contributed by atoms with Crippen molar-refractivity contribution in [3.05, 3.63) is 131 Å². The molecule has 0 spiro atoms. The molecule has 4 aromatic carbocycles. The fraction of sp³-hybridized carbons (Fsp3) is 0.333. The van der Waals surface area contributed by atoms with Gasteiger partial charge in [0.05, 0.1) is 21.9 Å². The summed E-state index contributed by atoms with van der Waals surface area (Å²) < 4.78 is 2.13. The summed E-state index contributed by atoms with van der Waals surface area (Å²) in [6.07, 6.45) is 6.89. The molecule has 1 heterocycles. The molecule has 0 aliphatic heterocycles. The van der Waals surface area contributed by atoms with Crippen LogP contribution in [0.15, 0.2) is 113 Å². The molecule has 4 atom stereocenters. The lowest BCUT2D eigenvalue weighted by atomic mass is 9.65. The van der Waals surface area contributed by atoms with Crippen LogP contribution in [-0.2, 0) is 6.42 Å². The summed E-state index contributed by atoms with van der Waals surface area (Å²) >= 11 is 3.34. The van der Waals surface area contributed by atoms with Gasteiger partial charge in [0.25, 0.3) is 0 Å². The predicted octanol–water partition coefficient (Wildman–Crippen LogP) is 10.0. The van der Waals surface area contributed by atoms with E-state index in [0.29, 0.717) is 36.1 Å². The summed E-state index contributed by atoms with van der Waals surface area (Å²) in [6, 6.07) is 32.4. The third-order valence-electron chi connectivity index (χ3n) is 10.9. The lowest BCUT2D eigenvalue weighted by Gasteiger charge is -2.44. The zero-order valence-electron chi connectivity index (χ0n) is 27.7. The average Bonchev–Trinajstić information content (AvgIpc) is 3.64. The number of hydrogen-bond acceptors (Lipinski definition) is 6. The van der Waals surface area contributed by atoms with Gasteiger partial charge in [-0.05, 0) is 98.2 Å². The minimum absolute atomic E-state index is 0.00901. The van der Waals surface area contributed by atoms with Crippen molar-refractivity contribution in [1.82, 2.24) is 4.98 Å². The van der Waals surface area contributed by atoms with Gasteiger partial charge in [0.15, 0.2) is 10.1 Å². The molecule has 8 rings (SSSR count). The molecular weight excluding hydrogens is 631 g/mol. The molecular formula is C42H43NO3S2. The number of thioether (sulfide) groups is 1. The summed E-state index contributed by atoms with van der Waals surface area (Å²) in [6.45, 7) is 4.40. The standard InChI is InChI=1S/C42H43NO3S2/c1-28-11-10-23-41(2)36(22-24-42(41,46)27-47-40-43-37-16-8-9-17-38(37)48-40)33-21-19-29(25-31(44)20-18-28)26-35(33)39(45)34-15-7-6-14-32(34)30-12-4-3-5-13-30/h3-9,11-17,19,21,26,31,36,44,46H,10,18,20,22-25,27H2,1-2H3. The Labute approximate surface area is 292 Å². The van der Waals surface area contributed by atoms with E-state index in [-0.39, 0.29) is 11.7 Å². The highest BCUT2D eigenvalue weighted by Gasteiger charge is 2.56. The van der Waals surface area contributed by atoms with E-state index >= 15 is 0 Å². The Balaban J connectivity index is 1.30. The number of aliphatic hydroxyl groups is 2. The number of carbonyl (C=O) groups is 1. The van der Waals surface area contributed by atoms with Gasteiger partial charge in [-0.2, -0.15) is 0 Å². The molecule has 0 amide bonds. The Kier molecular flexibility index (Phi) is 9.45. The Morgan fingerprint density at radius 1 is 0.938 bits per heavy atom. The SMILES string of the molecule is CC1=CCCC2(C)C(CCC2(O)CSc2nc3ccccc3s2)c2ccc(cc2C(=O)c2ccccc2-c2ccccc2)CC(O)CC1. The minimum atomic E-state index is -0.948. The van der Waals surface area contributed by atoms with E-state index in [4.69, 9.17) is 4.98 Å². The van der Waals surface area contributed by atoms with E-state index in [1.54, 1.807) is 23.1 Å². The van der Waals surface area contributed by atoms with Gasteiger partial charge in [0.2, 0.25) is 0 Å². The second kappa shape index (κ2) is 13.8. The molecule has 4 unspecified atom stereocenters. The van der Waals surface area contributed by atoms with Crippen molar-refractivity contribution in [3.63, 3.8) is 0 Å². The third-order valence-corrected chi connectivity index (χ3v) is 13.3. The van der Waals surface area contributed by atoms with E-state index in [9.17, 15) is 15.0 Å². The van der Waals surface area contributed by atoms with Crippen LogP contribution < -0.4 is 0 Å². The first-order valence-corrected chi connectivity index (χ1v) is 18.9.